The molecule has 1 N–H and O–H groups in total. The minimum Gasteiger partial charge on any atom is -0.392 e. The first kappa shape index (κ1) is 7.29. The molecule has 1 aliphatic rings. The number of allylic oxidation sites excluding steroid dienone is 2. The van der Waals surface area contributed by atoms with Crippen LogP contribution >= 0.6 is 0 Å². The van der Waals surface area contributed by atoms with Gasteiger partial charge in [0.05, 0.1) is 6.10 Å². The highest BCUT2D eigenvalue weighted by molar-refractivity contribution is 5.36. The summed E-state index contributed by atoms with van der Waals surface area (Å²) in [6, 6.07) is 0. The van der Waals surface area contributed by atoms with E-state index in [0.717, 1.165) is 24.0 Å². The Kier molecular flexibility index (Phi) is 2.07. The molecule has 0 saturated heterocycles. The van der Waals surface area contributed by atoms with Crippen molar-refractivity contribution in [2.75, 3.05) is 0 Å². The van der Waals surface area contributed by atoms with Crippen molar-refractivity contribution in [3.8, 4) is 0 Å². The molecule has 1 atom stereocenters. The van der Waals surface area contributed by atoms with E-state index >= 15 is 0 Å². The van der Waals surface area contributed by atoms with Gasteiger partial charge in [-0.2, -0.15) is 0 Å². The zero-order valence-electron chi connectivity index (χ0n) is 6.01. The van der Waals surface area contributed by atoms with Crippen molar-refractivity contribution in [1.29, 1.82) is 0 Å². The van der Waals surface area contributed by atoms with Crippen LogP contribution in [0.15, 0.2) is 36.5 Å². The average Bonchev–Trinajstić information content (AvgIpc) is 2.13. The zero-order chi connectivity index (χ0) is 7.56. The molecular formula is C9H12O. The van der Waals surface area contributed by atoms with Gasteiger partial charge in [0.15, 0.2) is 0 Å². The van der Waals surface area contributed by atoms with Gasteiger partial charge < -0.3 is 5.11 Å². The molecule has 0 aromatic rings. The maximum absolute atomic E-state index is 9.16. The van der Waals surface area contributed by atoms with Gasteiger partial charge in [0.1, 0.15) is 0 Å². The van der Waals surface area contributed by atoms with Gasteiger partial charge in [-0.1, -0.05) is 25.3 Å². The largest absolute Gasteiger partial charge is 0.392 e. The van der Waals surface area contributed by atoms with E-state index in [1.807, 2.05) is 6.08 Å². The molecule has 1 nitrogen and oxygen atoms in total. The van der Waals surface area contributed by atoms with Crippen LogP contribution in [0.3, 0.4) is 0 Å². The first-order chi connectivity index (χ1) is 4.74. The standard InChI is InChI=1S/C9H12O/c1-3-4-8-6-9(10)5-7(8)2/h3-4,9-10H,1-2,5-6H2/b8-4-. The molecule has 10 heavy (non-hydrogen) atoms. The Morgan fingerprint density at radius 2 is 2.20 bits per heavy atom. The molecule has 0 aromatic carbocycles. The van der Waals surface area contributed by atoms with E-state index in [1.165, 1.54) is 0 Å². The van der Waals surface area contributed by atoms with Gasteiger partial charge in [-0.25, -0.2) is 0 Å². The van der Waals surface area contributed by atoms with Crippen molar-refractivity contribution in [3.63, 3.8) is 0 Å². The lowest BCUT2D eigenvalue weighted by atomic mass is 10.1. The van der Waals surface area contributed by atoms with Crippen LogP contribution in [0.4, 0.5) is 0 Å². The van der Waals surface area contributed by atoms with Crippen LogP contribution in [0.25, 0.3) is 0 Å². The molecule has 54 valence electrons. The fourth-order valence-corrected chi connectivity index (χ4v) is 1.21. The molecule has 0 aromatic heterocycles. The molecule has 1 aliphatic carbocycles. The van der Waals surface area contributed by atoms with Crippen molar-refractivity contribution in [2.24, 2.45) is 0 Å². The van der Waals surface area contributed by atoms with Crippen LogP contribution in [0.1, 0.15) is 12.8 Å². The lowest BCUT2D eigenvalue weighted by molar-refractivity contribution is 0.190. The summed E-state index contributed by atoms with van der Waals surface area (Å²) in [7, 11) is 0. The van der Waals surface area contributed by atoms with Crippen LogP contribution < -0.4 is 0 Å². The van der Waals surface area contributed by atoms with Crippen molar-refractivity contribution in [2.45, 2.75) is 18.9 Å². The zero-order valence-corrected chi connectivity index (χ0v) is 6.01. The highest BCUT2D eigenvalue weighted by atomic mass is 16.3. The van der Waals surface area contributed by atoms with Gasteiger partial charge >= 0.3 is 0 Å². The molecule has 0 amide bonds. The third kappa shape index (κ3) is 1.36. The van der Waals surface area contributed by atoms with Crippen LogP contribution in [0.5, 0.6) is 0 Å². The van der Waals surface area contributed by atoms with Crippen LogP contribution in [0, 0.1) is 0 Å². The Morgan fingerprint density at radius 3 is 2.60 bits per heavy atom. The number of hydrogen-bond donors (Lipinski definition) is 1. The molecule has 0 bridgehead atoms. The summed E-state index contributed by atoms with van der Waals surface area (Å²) in [5.74, 6) is 0. The van der Waals surface area contributed by atoms with E-state index < -0.39 is 0 Å². The maximum atomic E-state index is 9.16. The third-order valence-corrected chi connectivity index (χ3v) is 1.71. The first-order valence-electron chi connectivity index (χ1n) is 3.42. The molecule has 0 heterocycles. The number of aliphatic hydroxyl groups is 1. The van der Waals surface area contributed by atoms with Crippen LogP contribution in [-0.2, 0) is 0 Å². The molecule has 1 rings (SSSR count). The van der Waals surface area contributed by atoms with E-state index in [0.29, 0.717) is 0 Å². The number of hydrogen-bond acceptors (Lipinski definition) is 1. The Morgan fingerprint density at radius 1 is 1.50 bits per heavy atom. The predicted octanol–water partition coefficient (Wildman–Crippen LogP) is 1.81. The second-order valence-electron chi connectivity index (χ2n) is 2.59. The third-order valence-electron chi connectivity index (χ3n) is 1.71. The Balaban J connectivity index is 2.72. The van der Waals surface area contributed by atoms with Gasteiger partial charge in [0.25, 0.3) is 0 Å². The van der Waals surface area contributed by atoms with E-state index in [9.17, 15) is 0 Å². The summed E-state index contributed by atoms with van der Waals surface area (Å²) in [5, 5.41) is 9.16. The Bertz CT molecular complexity index is 189. The molecule has 0 radical (unpaired) electrons. The van der Waals surface area contributed by atoms with Crippen molar-refractivity contribution in [3.05, 3.63) is 36.5 Å². The van der Waals surface area contributed by atoms with Gasteiger partial charge in [-0.15, -0.1) is 0 Å². The van der Waals surface area contributed by atoms with E-state index in [1.54, 1.807) is 6.08 Å². The molecular weight excluding hydrogens is 124 g/mol. The van der Waals surface area contributed by atoms with Crippen LogP contribution in [-0.4, -0.2) is 11.2 Å². The highest BCUT2D eigenvalue weighted by Gasteiger charge is 2.19. The Labute approximate surface area is 61.4 Å². The topological polar surface area (TPSA) is 20.2 Å². The monoisotopic (exact) mass is 136 g/mol. The fourth-order valence-electron chi connectivity index (χ4n) is 1.21. The van der Waals surface area contributed by atoms with E-state index in [4.69, 9.17) is 5.11 Å². The normalized spacial score (nSPS) is 29.5. The molecule has 1 saturated carbocycles. The molecule has 0 aliphatic heterocycles. The minimum atomic E-state index is -0.210. The lowest BCUT2D eigenvalue weighted by Gasteiger charge is -1.92. The molecule has 1 unspecified atom stereocenters. The van der Waals surface area contributed by atoms with Gasteiger partial charge in [-0.3, -0.25) is 0 Å². The summed E-state index contributed by atoms with van der Waals surface area (Å²) in [6.07, 6.45) is 4.90. The molecule has 0 spiro atoms. The van der Waals surface area contributed by atoms with E-state index in [2.05, 4.69) is 13.2 Å². The number of rotatable bonds is 1. The van der Waals surface area contributed by atoms with Crippen molar-refractivity contribution in [1.82, 2.24) is 0 Å². The summed E-state index contributed by atoms with van der Waals surface area (Å²) >= 11 is 0. The second kappa shape index (κ2) is 2.84. The van der Waals surface area contributed by atoms with Crippen molar-refractivity contribution < 1.29 is 5.11 Å². The average molecular weight is 136 g/mol. The smallest absolute Gasteiger partial charge is 0.0620 e. The summed E-state index contributed by atoms with van der Waals surface area (Å²) in [4.78, 5) is 0. The SMILES string of the molecule is C=C/C=C1/CC(O)CC1=C. The molecule has 1 fully saturated rings. The highest BCUT2D eigenvalue weighted by Crippen LogP contribution is 2.28. The quantitative estimate of drug-likeness (QED) is 0.583. The van der Waals surface area contributed by atoms with Gasteiger partial charge in [-0.05, 0) is 24.0 Å². The summed E-state index contributed by atoms with van der Waals surface area (Å²) in [6.45, 7) is 7.41. The summed E-state index contributed by atoms with van der Waals surface area (Å²) < 4.78 is 0. The molecule has 1 heteroatoms. The number of aliphatic hydroxyl groups excluding tert-OH is 1. The van der Waals surface area contributed by atoms with Crippen molar-refractivity contribution >= 4 is 0 Å². The van der Waals surface area contributed by atoms with Gasteiger partial charge in [0.2, 0.25) is 0 Å². The fraction of sp³-hybridized carbons (Fsp3) is 0.333. The minimum absolute atomic E-state index is 0.210. The lowest BCUT2D eigenvalue weighted by Crippen LogP contribution is -1.95. The predicted molar refractivity (Wildman–Crippen MR) is 42.7 cm³/mol. The second-order valence-corrected chi connectivity index (χ2v) is 2.59. The van der Waals surface area contributed by atoms with E-state index in [-0.39, 0.29) is 6.10 Å². The maximum Gasteiger partial charge on any atom is 0.0620 e. The summed E-state index contributed by atoms with van der Waals surface area (Å²) in [5.41, 5.74) is 2.19. The first-order valence-corrected chi connectivity index (χ1v) is 3.42. The van der Waals surface area contributed by atoms with Gasteiger partial charge in [0, 0.05) is 0 Å². The Hall–Kier alpha value is -0.820. The van der Waals surface area contributed by atoms with Crippen LogP contribution in [0.2, 0.25) is 0 Å².